The van der Waals surface area contributed by atoms with Crippen LogP contribution in [0, 0.1) is 6.92 Å². The van der Waals surface area contributed by atoms with Crippen molar-refractivity contribution >= 4 is 34.2 Å². The van der Waals surface area contributed by atoms with Crippen LogP contribution in [-0.4, -0.2) is 37.2 Å². The third kappa shape index (κ3) is 6.56. The number of carbonyl (C=O) groups is 3. The van der Waals surface area contributed by atoms with Gasteiger partial charge in [0.1, 0.15) is 15.6 Å². The molecule has 174 valence electrons. The third-order valence-corrected chi connectivity index (χ3v) is 5.68. The summed E-state index contributed by atoms with van der Waals surface area (Å²) in [6.45, 7) is 13.1. The molecular weight excluding hydrogens is 430 g/mol. The van der Waals surface area contributed by atoms with E-state index in [1.54, 1.807) is 27.7 Å². The van der Waals surface area contributed by atoms with Crippen LogP contribution in [0.15, 0.2) is 24.3 Å². The zero-order valence-corrected chi connectivity index (χ0v) is 20.5. The van der Waals surface area contributed by atoms with Gasteiger partial charge >= 0.3 is 11.9 Å². The summed E-state index contributed by atoms with van der Waals surface area (Å²) in [5, 5.41) is 2.90. The van der Waals surface area contributed by atoms with Crippen molar-refractivity contribution in [3.8, 4) is 5.75 Å². The van der Waals surface area contributed by atoms with Gasteiger partial charge in [-0.25, -0.2) is 9.59 Å². The first-order valence-electron chi connectivity index (χ1n) is 10.5. The molecule has 1 aromatic carbocycles. The van der Waals surface area contributed by atoms with E-state index < -0.39 is 17.8 Å². The zero-order valence-electron chi connectivity index (χ0n) is 19.7. The van der Waals surface area contributed by atoms with Crippen LogP contribution in [-0.2, 0) is 19.7 Å². The third-order valence-electron chi connectivity index (χ3n) is 4.50. The van der Waals surface area contributed by atoms with E-state index in [-0.39, 0.29) is 40.2 Å². The summed E-state index contributed by atoms with van der Waals surface area (Å²) >= 11 is 0.982. The van der Waals surface area contributed by atoms with Gasteiger partial charge in [0.15, 0.2) is 6.61 Å². The molecule has 7 nitrogen and oxygen atoms in total. The molecule has 0 unspecified atom stereocenters. The van der Waals surface area contributed by atoms with Crippen LogP contribution in [0.4, 0.5) is 5.00 Å². The number of hydrogen-bond donors (Lipinski definition) is 1. The Labute approximate surface area is 193 Å². The molecule has 2 aromatic rings. The average molecular weight is 462 g/mol. The van der Waals surface area contributed by atoms with Crippen LogP contribution in [0.25, 0.3) is 0 Å². The standard InChI is InChI=1S/C24H31NO6S/c1-8-29-22(27)19-15(4)20(23(28)31-14(2)3)32-21(19)25-18(26)13-30-17-11-9-16(10-12-17)24(5,6)7/h9-12,14H,8,13H2,1-7H3,(H,25,26). The number of amides is 1. The zero-order chi connectivity index (χ0) is 24.1. The van der Waals surface area contributed by atoms with Crippen molar-refractivity contribution in [3.63, 3.8) is 0 Å². The summed E-state index contributed by atoms with van der Waals surface area (Å²) in [6, 6.07) is 7.54. The van der Waals surface area contributed by atoms with Crippen molar-refractivity contribution in [2.75, 3.05) is 18.5 Å². The smallest absolute Gasteiger partial charge is 0.348 e. The van der Waals surface area contributed by atoms with Gasteiger partial charge in [0, 0.05) is 0 Å². The minimum Gasteiger partial charge on any atom is -0.484 e. The van der Waals surface area contributed by atoms with Crippen LogP contribution in [0.5, 0.6) is 5.75 Å². The van der Waals surface area contributed by atoms with Crippen molar-refractivity contribution in [2.24, 2.45) is 0 Å². The van der Waals surface area contributed by atoms with E-state index in [0.29, 0.717) is 11.3 Å². The maximum Gasteiger partial charge on any atom is 0.348 e. The van der Waals surface area contributed by atoms with Crippen molar-refractivity contribution in [1.82, 2.24) is 0 Å². The number of benzene rings is 1. The van der Waals surface area contributed by atoms with E-state index in [4.69, 9.17) is 14.2 Å². The minimum absolute atomic E-state index is 0.0187. The quantitative estimate of drug-likeness (QED) is 0.549. The largest absolute Gasteiger partial charge is 0.484 e. The van der Waals surface area contributed by atoms with E-state index in [2.05, 4.69) is 26.1 Å². The molecule has 1 aromatic heterocycles. The van der Waals surface area contributed by atoms with Crippen LogP contribution in [0.2, 0.25) is 0 Å². The number of esters is 2. The van der Waals surface area contributed by atoms with Gasteiger partial charge in [-0.1, -0.05) is 32.9 Å². The molecule has 0 aliphatic carbocycles. The van der Waals surface area contributed by atoms with E-state index in [1.165, 1.54) is 0 Å². The Morgan fingerprint density at radius 1 is 1.06 bits per heavy atom. The molecule has 8 heteroatoms. The van der Waals surface area contributed by atoms with Crippen LogP contribution in [0.1, 0.15) is 72.7 Å². The second-order valence-electron chi connectivity index (χ2n) is 8.55. The summed E-state index contributed by atoms with van der Waals surface area (Å²) < 4.78 is 15.9. The van der Waals surface area contributed by atoms with Gasteiger partial charge < -0.3 is 19.5 Å². The molecular formula is C24H31NO6S. The molecule has 32 heavy (non-hydrogen) atoms. The molecule has 0 saturated carbocycles. The molecule has 1 amide bonds. The van der Waals surface area contributed by atoms with Gasteiger partial charge in [-0.3, -0.25) is 4.79 Å². The number of anilines is 1. The Bertz CT molecular complexity index is 970. The first-order valence-corrected chi connectivity index (χ1v) is 11.3. The molecule has 1 N–H and O–H groups in total. The highest BCUT2D eigenvalue weighted by Gasteiger charge is 2.28. The summed E-state index contributed by atoms with van der Waals surface area (Å²) in [6.07, 6.45) is -0.314. The maximum absolute atomic E-state index is 12.5. The van der Waals surface area contributed by atoms with Gasteiger partial charge in [-0.05, 0) is 56.4 Å². The molecule has 0 bridgehead atoms. The highest BCUT2D eigenvalue weighted by molar-refractivity contribution is 7.18. The van der Waals surface area contributed by atoms with Crippen LogP contribution >= 0.6 is 11.3 Å². The predicted molar refractivity (Wildman–Crippen MR) is 125 cm³/mol. The van der Waals surface area contributed by atoms with Crippen molar-refractivity contribution in [1.29, 1.82) is 0 Å². The Morgan fingerprint density at radius 3 is 2.22 bits per heavy atom. The molecule has 0 aliphatic rings. The first kappa shape index (κ1) is 25.4. The Hall–Kier alpha value is -2.87. The summed E-state index contributed by atoms with van der Waals surface area (Å²) in [5.41, 5.74) is 1.73. The Morgan fingerprint density at radius 2 is 1.69 bits per heavy atom. The highest BCUT2D eigenvalue weighted by Crippen LogP contribution is 2.34. The Balaban J connectivity index is 2.16. The lowest BCUT2D eigenvalue weighted by molar-refractivity contribution is -0.118. The fourth-order valence-electron chi connectivity index (χ4n) is 2.88. The van der Waals surface area contributed by atoms with Gasteiger partial charge in [-0.15, -0.1) is 11.3 Å². The molecule has 0 spiro atoms. The topological polar surface area (TPSA) is 90.9 Å². The van der Waals surface area contributed by atoms with E-state index in [0.717, 1.165) is 16.9 Å². The van der Waals surface area contributed by atoms with Gasteiger partial charge in [0.25, 0.3) is 5.91 Å². The van der Waals surface area contributed by atoms with Gasteiger partial charge in [0.2, 0.25) is 0 Å². The van der Waals surface area contributed by atoms with Crippen molar-refractivity contribution in [3.05, 3.63) is 45.8 Å². The first-order chi connectivity index (χ1) is 14.9. The van der Waals surface area contributed by atoms with Crippen LogP contribution < -0.4 is 10.1 Å². The fraction of sp³-hybridized carbons (Fsp3) is 0.458. The molecule has 0 saturated heterocycles. The van der Waals surface area contributed by atoms with E-state index in [9.17, 15) is 14.4 Å². The molecule has 0 fully saturated rings. The lowest BCUT2D eigenvalue weighted by Gasteiger charge is -2.19. The number of thiophene rings is 1. The lowest BCUT2D eigenvalue weighted by atomic mass is 9.87. The molecule has 2 rings (SSSR count). The lowest BCUT2D eigenvalue weighted by Crippen LogP contribution is -2.21. The number of ether oxygens (including phenoxy) is 3. The summed E-state index contributed by atoms with van der Waals surface area (Å²) in [5.74, 6) is -1.06. The summed E-state index contributed by atoms with van der Waals surface area (Å²) in [4.78, 5) is 37.6. The van der Waals surface area contributed by atoms with Crippen molar-refractivity contribution in [2.45, 2.75) is 60.0 Å². The highest BCUT2D eigenvalue weighted by atomic mass is 32.1. The number of hydrogen-bond acceptors (Lipinski definition) is 7. The minimum atomic E-state index is -0.612. The van der Waals surface area contributed by atoms with Gasteiger partial charge in [0.05, 0.1) is 18.3 Å². The number of rotatable bonds is 8. The normalized spacial score (nSPS) is 11.2. The Kier molecular flexibility index (Phi) is 8.44. The summed E-state index contributed by atoms with van der Waals surface area (Å²) in [7, 11) is 0. The predicted octanol–water partition coefficient (Wildman–Crippen LogP) is 5.11. The van der Waals surface area contributed by atoms with E-state index >= 15 is 0 Å². The second-order valence-corrected chi connectivity index (χ2v) is 9.57. The second kappa shape index (κ2) is 10.6. The fourth-order valence-corrected chi connectivity index (χ4v) is 3.97. The SMILES string of the molecule is CCOC(=O)c1c(NC(=O)COc2ccc(C(C)(C)C)cc2)sc(C(=O)OC(C)C)c1C. The molecule has 0 atom stereocenters. The monoisotopic (exact) mass is 461 g/mol. The van der Waals surface area contributed by atoms with Crippen molar-refractivity contribution < 1.29 is 28.6 Å². The molecule has 0 aliphatic heterocycles. The molecule has 0 radical (unpaired) electrons. The maximum atomic E-state index is 12.5. The van der Waals surface area contributed by atoms with Crippen LogP contribution in [0.3, 0.4) is 0 Å². The van der Waals surface area contributed by atoms with Gasteiger partial charge in [-0.2, -0.15) is 0 Å². The molecule has 1 heterocycles. The van der Waals surface area contributed by atoms with E-state index in [1.807, 2.05) is 24.3 Å². The average Bonchev–Trinajstić information content (AvgIpc) is 3.01. The number of carbonyl (C=O) groups excluding carboxylic acids is 3. The number of nitrogens with one attached hydrogen (secondary N) is 1.